The molecule has 0 saturated carbocycles. The molecular formula is C18H20N2S. The van der Waals surface area contributed by atoms with E-state index in [-0.39, 0.29) is 0 Å². The van der Waals surface area contributed by atoms with Gasteiger partial charge in [-0.1, -0.05) is 49.4 Å². The van der Waals surface area contributed by atoms with Crippen molar-refractivity contribution in [3.05, 3.63) is 64.6 Å². The molecule has 108 valence electrons. The maximum Gasteiger partial charge on any atom is 0.0795 e. The van der Waals surface area contributed by atoms with Crippen molar-refractivity contribution in [1.82, 2.24) is 10.3 Å². The Hall–Kier alpha value is -1.71. The molecule has 0 fully saturated rings. The molecule has 1 heterocycles. The summed E-state index contributed by atoms with van der Waals surface area (Å²) in [6.07, 6.45) is 2.11. The van der Waals surface area contributed by atoms with Gasteiger partial charge in [0.1, 0.15) is 0 Å². The molecule has 0 aliphatic rings. The van der Waals surface area contributed by atoms with Crippen LogP contribution in [0.15, 0.2) is 53.4 Å². The monoisotopic (exact) mass is 296 g/mol. The number of rotatable bonds is 6. The van der Waals surface area contributed by atoms with Crippen LogP contribution in [0.1, 0.15) is 30.6 Å². The topological polar surface area (TPSA) is 24.9 Å². The summed E-state index contributed by atoms with van der Waals surface area (Å²) < 4.78 is 0. The van der Waals surface area contributed by atoms with Gasteiger partial charge in [-0.2, -0.15) is 0 Å². The van der Waals surface area contributed by atoms with Crippen LogP contribution in [0, 0.1) is 0 Å². The number of hydrogen-bond donors (Lipinski definition) is 1. The molecule has 0 aliphatic carbocycles. The highest BCUT2D eigenvalue weighted by molar-refractivity contribution is 7.07. The van der Waals surface area contributed by atoms with E-state index in [2.05, 4.69) is 65.1 Å². The summed E-state index contributed by atoms with van der Waals surface area (Å²) in [5.41, 5.74) is 4.45. The molecule has 1 N–H and O–H groups in total. The van der Waals surface area contributed by atoms with Crippen molar-refractivity contribution in [2.75, 3.05) is 6.54 Å². The summed E-state index contributed by atoms with van der Waals surface area (Å²) in [5.74, 6) is 0. The molecule has 1 aromatic heterocycles. The van der Waals surface area contributed by atoms with E-state index in [1.807, 2.05) is 5.51 Å². The highest BCUT2D eigenvalue weighted by atomic mass is 32.1. The van der Waals surface area contributed by atoms with Gasteiger partial charge in [0.2, 0.25) is 0 Å². The number of aromatic nitrogens is 1. The highest BCUT2D eigenvalue weighted by Crippen LogP contribution is 2.24. The van der Waals surface area contributed by atoms with Gasteiger partial charge in [0, 0.05) is 5.38 Å². The molecule has 0 radical (unpaired) electrons. The van der Waals surface area contributed by atoms with Gasteiger partial charge in [-0.3, -0.25) is 0 Å². The van der Waals surface area contributed by atoms with E-state index in [0.29, 0.717) is 6.04 Å². The summed E-state index contributed by atoms with van der Waals surface area (Å²) in [4.78, 5) is 4.50. The van der Waals surface area contributed by atoms with Gasteiger partial charge in [-0.15, -0.1) is 11.3 Å². The molecule has 2 aromatic carbocycles. The van der Waals surface area contributed by atoms with Crippen molar-refractivity contribution in [3.63, 3.8) is 0 Å². The molecule has 0 amide bonds. The van der Waals surface area contributed by atoms with Crippen molar-refractivity contribution < 1.29 is 0 Å². The van der Waals surface area contributed by atoms with Crippen LogP contribution >= 0.6 is 11.3 Å². The predicted octanol–water partition coefficient (Wildman–Crippen LogP) is 4.58. The van der Waals surface area contributed by atoms with Gasteiger partial charge in [-0.05, 0) is 35.7 Å². The molecule has 2 nitrogen and oxygen atoms in total. The summed E-state index contributed by atoms with van der Waals surface area (Å²) in [6, 6.07) is 15.4. The Morgan fingerprint density at radius 2 is 2.00 bits per heavy atom. The lowest BCUT2D eigenvalue weighted by atomic mass is 9.97. The van der Waals surface area contributed by atoms with Crippen LogP contribution < -0.4 is 5.32 Å². The van der Waals surface area contributed by atoms with Gasteiger partial charge in [0.05, 0.1) is 17.2 Å². The molecule has 0 bridgehead atoms. The zero-order valence-corrected chi connectivity index (χ0v) is 13.1. The molecule has 0 spiro atoms. The van der Waals surface area contributed by atoms with Crippen molar-refractivity contribution in [3.8, 4) is 0 Å². The molecular weight excluding hydrogens is 276 g/mol. The second-order valence-electron chi connectivity index (χ2n) is 5.26. The molecule has 3 aromatic rings. The Kier molecular flexibility index (Phi) is 4.63. The van der Waals surface area contributed by atoms with E-state index < -0.39 is 0 Å². The van der Waals surface area contributed by atoms with E-state index >= 15 is 0 Å². The minimum Gasteiger partial charge on any atom is -0.308 e. The largest absolute Gasteiger partial charge is 0.308 e. The maximum absolute atomic E-state index is 4.50. The van der Waals surface area contributed by atoms with Crippen LogP contribution in [0.4, 0.5) is 0 Å². The van der Waals surface area contributed by atoms with Crippen molar-refractivity contribution >= 4 is 22.1 Å². The van der Waals surface area contributed by atoms with E-state index in [1.165, 1.54) is 16.3 Å². The number of hydrogen-bond acceptors (Lipinski definition) is 3. The van der Waals surface area contributed by atoms with Crippen LogP contribution in [0.2, 0.25) is 0 Å². The summed E-state index contributed by atoms with van der Waals surface area (Å²) >= 11 is 1.66. The van der Waals surface area contributed by atoms with Crippen molar-refractivity contribution in [2.45, 2.75) is 25.8 Å². The van der Waals surface area contributed by atoms with Gasteiger partial charge in [0.15, 0.2) is 0 Å². The fourth-order valence-corrected chi connectivity index (χ4v) is 3.29. The molecule has 1 unspecified atom stereocenters. The molecule has 0 saturated heterocycles. The fraction of sp³-hybridized carbons (Fsp3) is 0.278. The van der Waals surface area contributed by atoms with Crippen molar-refractivity contribution in [2.24, 2.45) is 0 Å². The van der Waals surface area contributed by atoms with Gasteiger partial charge < -0.3 is 5.32 Å². The quantitative estimate of drug-likeness (QED) is 0.720. The first-order chi connectivity index (χ1) is 10.4. The lowest BCUT2D eigenvalue weighted by Crippen LogP contribution is -2.24. The summed E-state index contributed by atoms with van der Waals surface area (Å²) in [6.45, 7) is 3.22. The SMILES string of the molecule is CCCNC(Cc1cccc2ccccc12)c1cscn1. The first-order valence-corrected chi connectivity index (χ1v) is 8.41. The number of nitrogens with zero attached hydrogens (tertiary/aromatic N) is 1. The van der Waals surface area contributed by atoms with Crippen LogP contribution in [0.25, 0.3) is 10.8 Å². The Balaban J connectivity index is 1.90. The second-order valence-corrected chi connectivity index (χ2v) is 5.98. The Morgan fingerprint density at radius 1 is 1.14 bits per heavy atom. The van der Waals surface area contributed by atoms with E-state index in [9.17, 15) is 0 Å². The standard InChI is InChI=1S/C18H20N2S/c1-2-10-19-17(18-12-21-13-20-18)11-15-8-5-7-14-6-3-4-9-16(14)15/h3-9,12-13,17,19H,2,10-11H2,1H3. The van der Waals surface area contributed by atoms with Gasteiger partial charge in [-0.25, -0.2) is 4.98 Å². The third-order valence-corrected chi connectivity index (χ3v) is 4.36. The zero-order valence-electron chi connectivity index (χ0n) is 12.3. The second kappa shape index (κ2) is 6.83. The van der Waals surface area contributed by atoms with E-state index in [0.717, 1.165) is 25.1 Å². The van der Waals surface area contributed by atoms with Gasteiger partial charge >= 0.3 is 0 Å². The van der Waals surface area contributed by atoms with Crippen LogP contribution in [0.5, 0.6) is 0 Å². The molecule has 3 heteroatoms. The first kappa shape index (κ1) is 14.2. The summed E-state index contributed by atoms with van der Waals surface area (Å²) in [7, 11) is 0. The van der Waals surface area contributed by atoms with Crippen LogP contribution in [-0.2, 0) is 6.42 Å². The molecule has 21 heavy (non-hydrogen) atoms. The third kappa shape index (κ3) is 3.31. The number of benzene rings is 2. The average molecular weight is 296 g/mol. The predicted molar refractivity (Wildman–Crippen MR) is 90.8 cm³/mol. The number of fused-ring (bicyclic) bond motifs is 1. The Labute approximate surface area is 129 Å². The van der Waals surface area contributed by atoms with Crippen LogP contribution in [0.3, 0.4) is 0 Å². The maximum atomic E-state index is 4.50. The summed E-state index contributed by atoms with van der Waals surface area (Å²) in [5, 5.41) is 8.43. The fourth-order valence-electron chi connectivity index (χ4n) is 2.68. The Bertz CT molecular complexity index is 686. The van der Waals surface area contributed by atoms with E-state index in [1.54, 1.807) is 11.3 Å². The number of nitrogens with one attached hydrogen (secondary N) is 1. The smallest absolute Gasteiger partial charge is 0.0795 e. The average Bonchev–Trinajstić information content (AvgIpc) is 3.06. The lowest BCUT2D eigenvalue weighted by molar-refractivity contribution is 0.521. The molecule has 0 aliphatic heterocycles. The lowest BCUT2D eigenvalue weighted by Gasteiger charge is -2.18. The third-order valence-electron chi connectivity index (χ3n) is 3.75. The first-order valence-electron chi connectivity index (χ1n) is 7.46. The van der Waals surface area contributed by atoms with E-state index in [4.69, 9.17) is 0 Å². The number of thiazole rings is 1. The minimum atomic E-state index is 0.294. The zero-order chi connectivity index (χ0) is 14.5. The highest BCUT2D eigenvalue weighted by Gasteiger charge is 2.14. The normalized spacial score (nSPS) is 12.6. The van der Waals surface area contributed by atoms with Crippen molar-refractivity contribution in [1.29, 1.82) is 0 Å². The Morgan fingerprint density at radius 3 is 2.81 bits per heavy atom. The van der Waals surface area contributed by atoms with Crippen LogP contribution in [-0.4, -0.2) is 11.5 Å². The minimum absolute atomic E-state index is 0.294. The molecule has 3 rings (SSSR count). The van der Waals surface area contributed by atoms with Gasteiger partial charge in [0.25, 0.3) is 0 Å². The molecule has 1 atom stereocenters.